The Morgan fingerprint density at radius 2 is 1.88 bits per heavy atom. The van der Waals surface area contributed by atoms with Crippen LogP contribution in [0, 0.1) is 5.82 Å². The Morgan fingerprint density at radius 1 is 1.25 bits per heavy atom. The van der Waals surface area contributed by atoms with Crippen LogP contribution in [-0.2, 0) is 0 Å². The molecule has 1 unspecified atom stereocenters. The molecule has 0 amide bonds. The van der Waals surface area contributed by atoms with Gasteiger partial charge in [0.05, 0.1) is 0 Å². The maximum atomic E-state index is 12.7. The topological polar surface area (TPSA) is 15.3 Å². The van der Waals surface area contributed by atoms with Crippen molar-refractivity contribution >= 4 is 5.69 Å². The molecule has 2 nitrogen and oxygen atoms in total. The molecule has 90 valence electrons. The summed E-state index contributed by atoms with van der Waals surface area (Å²) in [6.07, 6.45) is 0. The van der Waals surface area contributed by atoms with E-state index in [4.69, 9.17) is 0 Å². The number of rotatable bonds is 1. The lowest BCUT2D eigenvalue weighted by Gasteiger charge is -2.35. The first-order valence-corrected chi connectivity index (χ1v) is 6.00. The second-order valence-electron chi connectivity index (χ2n) is 3.72. The lowest BCUT2D eigenvalue weighted by atomic mass is 10.2. The monoisotopic (exact) mass is 224 g/mol. The maximum absolute atomic E-state index is 12.7. The van der Waals surface area contributed by atoms with Gasteiger partial charge in [0.25, 0.3) is 0 Å². The predicted molar refractivity (Wildman–Crippen MR) is 67.4 cm³/mol. The zero-order valence-electron chi connectivity index (χ0n) is 10.3. The van der Waals surface area contributed by atoms with E-state index in [1.807, 2.05) is 26.0 Å². The highest BCUT2D eigenvalue weighted by Crippen LogP contribution is 2.18. The molecular weight excluding hydrogens is 203 g/mol. The number of hydrogen-bond acceptors (Lipinski definition) is 2. The van der Waals surface area contributed by atoms with Crippen molar-refractivity contribution < 1.29 is 4.39 Å². The van der Waals surface area contributed by atoms with Crippen molar-refractivity contribution in [1.29, 1.82) is 0 Å². The van der Waals surface area contributed by atoms with Gasteiger partial charge in [-0.15, -0.1) is 0 Å². The molecule has 1 aromatic rings. The van der Waals surface area contributed by atoms with Crippen molar-refractivity contribution in [2.75, 3.05) is 24.5 Å². The third kappa shape index (κ3) is 3.20. The number of halogens is 1. The van der Waals surface area contributed by atoms with Crippen molar-refractivity contribution in [3.05, 3.63) is 30.1 Å². The van der Waals surface area contributed by atoms with Crippen LogP contribution in [0.25, 0.3) is 0 Å². The SMILES string of the molecule is CC.CC1CNCCN1c1ccc(F)cc1. The molecule has 1 aliphatic heterocycles. The molecule has 0 spiro atoms. The number of nitrogens with one attached hydrogen (secondary N) is 1. The Bertz CT molecular complexity index is 297. The van der Waals surface area contributed by atoms with Crippen molar-refractivity contribution in [3.8, 4) is 0 Å². The first-order valence-electron chi connectivity index (χ1n) is 6.00. The fourth-order valence-corrected chi connectivity index (χ4v) is 1.86. The summed E-state index contributed by atoms with van der Waals surface area (Å²) >= 11 is 0. The van der Waals surface area contributed by atoms with Crippen molar-refractivity contribution in [3.63, 3.8) is 0 Å². The third-order valence-electron chi connectivity index (χ3n) is 2.66. The minimum absolute atomic E-state index is 0.170. The summed E-state index contributed by atoms with van der Waals surface area (Å²) in [7, 11) is 0. The van der Waals surface area contributed by atoms with E-state index in [0.717, 1.165) is 25.3 Å². The zero-order valence-corrected chi connectivity index (χ0v) is 10.3. The standard InChI is InChI=1S/C11H15FN2.C2H6/c1-9-8-13-6-7-14(9)11-4-2-10(12)3-5-11;1-2/h2-5,9,13H,6-8H2,1H3;1-2H3. The van der Waals surface area contributed by atoms with E-state index in [-0.39, 0.29) is 5.82 Å². The second-order valence-corrected chi connectivity index (χ2v) is 3.72. The Kier molecular flexibility index (Phi) is 5.26. The van der Waals surface area contributed by atoms with E-state index in [0.29, 0.717) is 6.04 Å². The molecule has 1 fully saturated rings. The van der Waals surface area contributed by atoms with Gasteiger partial charge in [0.1, 0.15) is 5.82 Å². The van der Waals surface area contributed by atoms with Crippen LogP contribution in [0.1, 0.15) is 20.8 Å². The minimum atomic E-state index is -0.170. The number of nitrogens with zero attached hydrogens (tertiary/aromatic N) is 1. The number of benzene rings is 1. The summed E-state index contributed by atoms with van der Waals surface area (Å²) in [5, 5.41) is 3.33. The van der Waals surface area contributed by atoms with Crippen LogP contribution in [0.5, 0.6) is 0 Å². The van der Waals surface area contributed by atoms with Crippen LogP contribution in [0.4, 0.5) is 10.1 Å². The maximum Gasteiger partial charge on any atom is 0.123 e. The van der Waals surface area contributed by atoms with Gasteiger partial charge in [0.15, 0.2) is 0 Å². The Labute approximate surface area is 97.5 Å². The third-order valence-corrected chi connectivity index (χ3v) is 2.66. The highest BCUT2D eigenvalue weighted by atomic mass is 19.1. The van der Waals surface area contributed by atoms with Gasteiger partial charge in [-0.2, -0.15) is 0 Å². The molecule has 0 aromatic heterocycles. The van der Waals surface area contributed by atoms with Crippen LogP contribution in [0.2, 0.25) is 0 Å². The quantitative estimate of drug-likeness (QED) is 0.789. The number of hydrogen-bond donors (Lipinski definition) is 1. The van der Waals surface area contributed by atoms with Gasteiger partial charge < -0.3 is 10.2 Å². The Balaban J connectivity index is 0.000000606. The van der Waals surface area contributed by atoms with Gasteiger partial charge in [-0.25, -0.2) is 4.39 Å². The number of piperazine rings is 1. The minimum Gasteiger partial charge on any atom is -0.366 e. The predicted octanol–water partition coefficient (Wildman–Crippen LogP) is 2.65. The lowest BCUT2D eigenvalue weighted by molar-refractivity contribution is 0.500. The Hall–Kier alpha value is -1.09. The van der Waals surface area contributed by atoms with Crippen LogP contribution < -0.4 is 10.2 Å². The van der Waals surface area contributed by atoms with Crippen LogP contribution in [0.15, 0.2) is 24.3 Å². The van der Waals surface area contributed by atoms with Gasteiger partial charge in [-0.1, -0.05) is 13.8 Å². The van der Waals surface area contributed by atoms with E-state index in [2.05, 4.69) is 17.1 Å². The Morgan fingerprint density at radius 3 is 2.44 bits per heavy atom. The summed E-state index contributed by atoms with van der Waals surface area (Å²) in [6.45, 7) is 9.17. The molecule has 1 aliphatic rings. The molecule has 1 N–H and O–H groups in total. The van der Waals surface area contributed by atoms with E-state index in [1.165, 1.54) is 12.1 Å². The molecule has 1 heterocycles. The fourth-order valence-electron chi connectivity index (χ4n) is 1.86. The smallest absolute Gasteiger partial charge is 0.123 e. The second kappa shape index (κ2) is 6.48. The average molecular weight is 224 g/mol. The van der Waals surface area contributed by atoms with Gasteiger partial charge >= 0.3 is 0 Å². The van der Waals surface area contributed by atoms with Gasteiger partial charge in [-0.05, 0) is 31.2 Å². The zero-order chi connectivity index (χ0) is 12.0. The lowest BCUT2D eigenvalue weighted by Crippen LogP contribution is -2.49. The van der Waals surface area contributed by atoms with E-state index in [9.17, 15) is 4.39 Å². The summed E-state index contributed by atoms with van der Waals surface area (Å²) in [5.74, 6) is -0.170. The molecule has 0 radical (unpaired) electrons. The van der Waals surface area contributed by atoms with E-state index >= 15 is 0 Å². The summed E-state index contributed by atoms with van der Waals surface area (Å²) in [5.41, 5.74) is 1.11. The van der Waals surface area contributed by atoms with Gasteiger partial charge in [0, 0.05) is 31.4 Å². The highest BCUT2D eigenvalue weighted by Gasteiger charge is 2.17. The van der Waals surface area contributed by atoms with Crippen LogP contribution in [-0.4, -0.2) is 25.7 Å². The molecule has 0 aliphatic carbocycles. The normalized spacial score (nSPS) is 20.0. The first-order chi connectivity index (χ1) is 7.77. The molecule has 1 atom stereocenters. The highest BCUT2D eigenvalue weighted by molar-refractivity contribution is 5.47. The molecular formula is C13H21FN2. The van der Waals surface area contributed by atoms with Crippen molar-refractivity contribution in [1.82, 2.24) is 5.32 Å². The summed E-state index contributed by atoms with van der Waals surface area (Å²) < 4.78 is 12.7. The van der Waals surface area contributed by atoms with Gasteiger partial charge in [-0.3, -0.25) is 0 Å². The first kappa shape index (κ1) is 13.0. The summed E-state index contributed by atoms with van der Waals surface area (Å²) in [4.78, 5) is 2.30. The largest absolute Gasteiger partial charge is 0.366 e. The van der Waals surface area contributed by atoms with Crippen molar-refractivity contribution in [2.45, 2.75) is 26.8 Å². The van der Waals surface area contributed by atoms with Crippen LogP contribution in [0.3, 0.4) is 0 Å². The van der Waals surface area contributed by atoms with Gasteiger partial charge in [0.2, 0.25) is 0 Å². The fraction of sp³-hybridized carbons (Fsp3) is 0.538. The average Bonchev–Trinajstić information content (AvgIpc) is 2.34. The van der Waals surface area contributed by atoms with Crippen LogP contribution >= 0.6 is 0 Å². The molecule has 1 aromatic carbocycles. The molecule has 3 heteroatoms. The molecule has 0 saturated carbocycles. The van der Waals surface area contributed by atoms with Crippen molar-refractivity contribution in [2.24, 2.45) is 0 Å². The molecule has 2 rings (SSSR count). The number of anilines is 1. The molecule has 16 heavy (non-hydrogen) atoms. The molecule has 0 bridgehead atoms. The molecule has 1 saturated heterocycles. The summed E-state index contributed by atoms with van der Waals surface area (Å²) in [6, 6.07) is 7.21. The van der Waals surface area contributed by atoms with E-state index < -0.39 is 0 Å². The van der Waals surface area contributed by atoms with E-state index in [1.54, 1.807) is 0 Å².